The molecular formula is C14H23N3S. The molecule has 0 atom stereocenters. The van der Waals surface area contributed by atoms with Crippen molar-refractivity contribution in [1.82, 2.24) is 9.97 Å². The maximum atomic E-state index is 4.27. The Balaban J connectivity index is 1.77. The first-order valence-corrected chi connectivity index (χ1v) is 8.14. The maximum Gasteiger partial charge on any atom is 0.130 e. The molecule has 1 aliphatic carbocycles. The molecule has 0 saturated heterocycles. The van der Waals surface area contributed by atoms with Crippen molar-refractivity contribution < 1.29 is 0 Å². The summed E-state index contributed by atoms with van der Waals surface area (Å²) >= 11 is 1.66. The van der Waals surface area contributed by atoms with E-state index in [1.165, 1.54) is 32.1 Å². The minimum atomic E-state index is 0.820. The largest absolute Gasteiger partial charge is 0.370 e. The molecule has 3 nitrogen and oxygen atoms in total. The lowest BCUT2D eigenvalue weighted by Gasteiger charge is -2.27. The molecular weight excluding hydrogens is 242 g/mol. The van der Waals surface area contributed by atoms with E-state index in [0.29, 0.717) is 0 Å². The molecule has 1 aromatic rings. The smallest absolute Gasteiger partial charge is 0.130 e. The van der Waals surface area contributed by atoms with Gasteiger partial charge in [-0.15, -0.1) is 11.8 Å². The first-order chi connectivity index (χ1) is 8.81. The van der Waals surface area contributed by atoms with E-state index in [2.05, 4.69) is 22.2 Å². The Hall–Kier alpha value is -0.770. The number of nitrogens with zero attached hydrogens (tertiary/aromatic N) is 2. The van der Waals surface area contributed by atoms with Gasteiger partial charge in [-0.05, 0) is 30.9 Å². The van der Waals surface area contributed by atoms with Gasteiger partial charge in [-0.2, -0.15) is 0 Å². The Morgan fingerprint density at radius 1 is 1.22 bits per heavy atom. The Morgan fingerprint density at radius 3 is 2.61 bits per heavy atom. The molecule has 0 bridgehead atoms. The van der Waals surface area contributed by atoms with Gasteiger partial charge in [0.15, 0.2) is 0 Å². The first-order valence-electron chi connectivity index (χ1n) is 6.91. The van der Waals surface area contributed by atoms with E-state index in [4.69, 9.17) is 0 Å². The van der Waals surface area contributed by atoms with E-state index in [0.717, 1.165) is 29.2 Å². The molecule has 2 rings (SSSR count). The molecule has 0 radical (unpaired) electrons. The second kappa shape index (κ2) is 6.98. The van der Waals surface area contributed by atoms with Gasteiger partial charge in [0.2, 0.25) is 0 Å². The quantitative estimate of drug-likeness (QED) is 0.648. The summed E-state index contributed by atoms with van der Waals surface area (Å²) in [4.78, 5) is 8.45. The molecule has 0 spiro atoms. The fourth-order valence-corrected chi connectivity index (χ4v) is 3.02. The van der Waals surface area contributed by atoms with Crippen LogP contribution in [0, 0.1) is 11.8 Å². The summed E-state index contributed by atoms with van der Waals surface area (Å²) in [5.74, 6) is 2.76. The lowest BCUT2D eigenvalue weighted by Crippen LogP contribution is -2.21. The molecule has 0 aliphatic heterocycles. The Bertz CT molecular complexity index is 362. The third-order valence-electron chi connectivity index (χ3n) is 3.97. The second-order valence-electron chi connectivity index (χ2n) is 5.12. The average Bonchev–Trinajstić information content (AvgIpc) is 2.46. The fraction of sp³-hybridized carbons (Fsp3) is 0.714. The highest BCUT2D eigenvalue weighted by atomic mass is 32.2. The van der Waals surface area contributed by atoms with Gasteiger partial charge in [-0.1, -0.05) is 26.2 Å². The SMILES string of the molecule is CCC1CCC(CNc2cc(SC)ncn2)CC1. The van der Waals surface area contributed by atoms with Gasteiger partial charge in [0.1, 0.15) is 17.2 Å². The molecule has 1 aliphatic rings. The molecule has 4 heteroatoms. The van der Waals surface area contributed by atoms with Crippen molar-refractivity contribution in [2.45, 2.75) is 44.1 Å². The van der Waals surface area contributed by atoms with Crippen LogP contribution in [0.15, 0.2) is 17.4 Å². The molecule has 0 unspecified atom stereocenters. The van der Waals surface area contributed by atoms with Crippen LogP contribution in [0.2, 0.25) is 0 Å². The van der Waals surface area contributed by atoms with Crippen molar-refractivity contribution >= 4 is 17.6 Å². The predicted molar refractivity (Wildman–Crippen MR) is 78.0 cm³/mol. The number of anilines is 1. The van der Waals surface area contributed by atoms with Gasteiger partial charge in [-0.3, -0.25) is 0 Å². The number of hydrogen-bond acceptors (Lipinski definition) is 4. The van der Waals surface area contributed by atoms with Gasteiger partial charge in [0.05, 0.1) is 0 Å². The number of hydrogen-bond donors (Lipinski definition) is 1. The lowest BCUT2D eigenvalue weighted by molar-refractivity contribution is 0.278. The van der Waals surface area contributed by atoms with E-state index >= 15 is 0 Å². The van der Waals surface area contributed by atoms with Crippen molar-refractivity contribution in [3.63, 3.8) is 0 Å². The van der Waals surface area contributed by atoms with Crippen LogP contribution < -0.4 is 5.32 Å². The van der Waals surface area contributed by atoms with Crippen LogP contribution in [0.1, 0.15) is 39.0 Å². The Kier molecular flexibility index (Phi) is 5.29. The molecule has 1 N–H and O–H groups in total. The molecule has 1 aromatic heterocycles. The second-order valence-corrected chi connectivity index (χ2v) is 5.95. The molecule has 0 aromatic carbocycles. The van der Waals surface area contributed by atoms with Gasteiger partial charge in [0.25, 0.3) is 0 Å². The van der Waals surface area contributed by atoms with Crippen molar-refractivity contribution in [1.29, 1.82) is 0 Å². The molecule has 1 fully saturated rings. The zero-order chi connectivity index (χ0) is 12.8. The summed E-state index contributed by atoms with van der Waals surface area (Å²) in [7, 11) is 0. The number of nitrogens with one attached hydrogen (secondary N) is 1. The standard InChI is InChI=1S/C14H23N3S/c1-3-11-4-6-12(7-5-11)9-15-13-8-14(18-2)17-10-16-13/h8,10-12H,3-7,9H2,1-2H3,(H,15,16,17). The van der Waals surface area contributed by atoms with E-state index in [-0.39, 0.29) is 0 Å². The number of aromatic nitrogens is 2. The monoisotopic (exact) mass is 265 g/mol. The average molecular weight is 265 g/mol. The van der Waals surface area contributed by atoms with E-state index in [1.54, 1.807) is 18.1 Å². The van der Waals surface area contributed by atoms with Gasteiger partial charge in [-0.25, -0.2) is 9.97 Å². The molecule has 18 heavy (non-hydrogen) atoms. The van der Waals surface area contributed by atoms with Crippen LogP contribution in [0.5, 0.6) is 0 Å². The molecule has 1 saturated carbocycles. The third kappa shape index (κ3) is 3.87. The zero-order valence-corrected chi connectivity index (χ0v) is 12.2. The van der Waals surface area contributed by atoms with Crippen LogP contribution in [0.3, 0.4) is 0 Å². The maximum absolute atomic E-state index is 4.27. The highest BCUT2D eigenvalue weighted by molar-refractivity contribution is 7.98. The highest BCUT2D eigenvalue weighted by Gasteiger charge is 2.19. The highest BCUT2D eigenvalue weighted by Crippen LogP contribution is 2.30. The van der Waals surface area contributed by atoms with Crippen LogP contribution in [-0.2, 0) is 0 Å². The van der Waals surface area contributed by atoms with E-state index in [1.807, 2.05) is 12.3 Å². The van der Waals surface area contributed by atoms with E-state index in [9.17, 15) is 0 Å². The van der Waals surface area contributed by atoms with Crippen molar-refractivity contribution in [3.8, 4) is 0 Å². The number of rotatable bonds is 5. The minimum absolute atomic E-state index is 0.820. The normalized spacial score (nSPS) is 23.9. The lowest BCUT2D eigenvalue weighted by atomic mass is 9.81. The predicted octanol–water partition coefficient (Wildman–Crippen LogP) is 3.83. The van der Waals surface area contributed by atoms with Crippen LogP contribution in [-0.4, -0.2) is 22.8 Å². The van der Waals surface area contributed by atoms with Crippen LogP contribution in [0.25, 0.3) is 0 Å². The Labute approximate surface area is 114 Å². The minimum Gasteiger partial charge on any atom is -0.370 e. The summed E-state index contributed by atoms with van der Waals surface area (Å²) in [6.45, 7) is 3.37. The summed E-state index contributed by atoms with van der Waals surface area (Å²) in [5.41, 5.74) is 0. The van der Waals surface area contributed by atoms with Crippen molar-refractivity contribution in [3.05, 3.63) is 12.4 Å². The van der Waals surface area contributed by atoms with Crippen molar-refractivity contribution in [2.75, 3.05) is 18.1 Å². The zero-order valence-electron chi connectivity index (χ0n) is 11.4. The summed E-state index contributed by atoms with van der Waals surface area (Å²) in [6.07, 6.45) is 10.6. The topological polar surface area (TPSA) is 37.8 Å². The summed E-state index contributed by atoms with van der Waals surface area (Å²) in [6, 6.07) is 2.03. The number of thioether (sulfide) groups is 1. The van der Waals surface area contributed by atoms with Crippen molar-refractivity contribution in [2.24, 2.45) is 11.8 Å². The fourth-order valence-electron chi connectivity index (χ4n) is 2.64. The van der Waals surface area contributed by atoms with Crippen LogP contribution >= 0.6 is 11.8 Å². The molecule has 1 heterocycles. The van der Waals surface area contributed by atoms with Gasteiger partial charge < -0.3 is 5.32 Å². The van der Waals surface area contributed by atoms with Gasteiger partial charge in [0, 0.05) is 12.6 Å². The molecule has 100 valence electrons. The third-order valence-corrected chi connectivity index (χ3v) is 4.61. The van der Waals surface area contributed by atoms with Crippen LogP contribution in [0.4, 0.5) is 5.82 Å². The Morgan fingerprint density at radius 2 is 1.94 bits per heavy atom. The first kappa shape index (κ1) is 13.7. The van der Waals surface area contributed by atoms with E-state index < -0.39 is 0 Å². The summed E-state index contributed by atoms with van der Waals surface area (Å²) < 4.78 is 0. The van der Waals surface area contributed by atoms with Gasteiger partial charge >= 0.3 is 0 Å². The molecule has 0 amide bonds. The summed E-state index contributed by atoms with van der Waals surface area (Å²) in [5, 5.41) is 4.49.